The number of carbonyl (C=O) groups is 1. The Labute approximate surface area is 152 Å². The molecule has 1 amide bonds. The van der Waals surface area contributed by atoms with Gasteiger partial charge in [-0.3, -0.25) is 4.79 Å². The smallest absolute Gasteiger partial charge is 0.234 e. The van der Waals surface area contributed by atoms with Gasteiger partial charge < -0.3 is 10.6 Å². The molecule has 0 spiro atoms. The van der Waals surface area contributed by atoms with Crippen LogP contribution in [0.3, 0.4) is 0 Å². The van der Waals surface area contributed by atoms with Crippen LogP contribution < -0.4 is 10.6 Å². The summed E-state index contributed by atoms with van der Waals surface area (Å²) in [5.41, 5.74) is 2.53. The first-order valence-corrected chi connectivity index (χ1v) is 9.24. The summed E-state index contributed by atoms with van der Waals surface area (Å²) in [6.45, 7) is 2.02. The van der Waals surface area contributed by atoms with Crippen LogP contribution >= 0.6 is 23.1 Å². The Morgan fingerprint density at radius 2 is 1.96 bits per heavy atom. The molecule has 0 aliphatic heterocycles. The minimum absolute atomic E-state index is 0.176. The molecule has 0 bridgehead atoms. The standard InChI is InChI=1S/C17H15FN4OS2/c1-11-4-2-6-13(8-11)20-16-21-22-17(25-16)24-10-15(23)19-14-7-3-5-12(18)9-14/h2-9H,10H2,1H3,(H,19,23)(H,20,21). The van der Waals surface area contributed by atoms with Gasteiger partial charge in [-0.05, 0) is 42.8 Å². The molecule has 0 unspecified atom stereocenters. The number of nitrogens with one attached hydrogen (secondary N) is 2. The predicted molar refractivity (Wildman–Crippen MR) is 100 cm³/mol. The van der Waals surface area contributed by atoms with Crippen molar-refractivity contribution in [2.45, 2.75) is 11.3 Å². The maximum atomic E-state index is 13.1. The van der Waals surface area contributed by atoms with E-state index in [0.29, 0.717) is 15.2 Å². The zero-order valence-corrected chi connectivity index (χ0v) is 15.0. The van der Waals surface area contributed by atoms with E-state index in [4.69, 9.17) is 0 Å². The molecule has 0 saturated heterocycles. The minimum Gasteiger partial charge on any atom is -0.330 e. The van der Waals surface area contributed by atoms with Crippen molar-refractivity contribution in [1.82, 2.24) is 10.2 Å². The second kappa shape index (κ2) is 8.09. The van der Waals surface area contributed by atoms with Crippen LogP contribution in [0.5, 0.6) is 0 Å². The van der Waals surface area contributed by atoms with Crippen LogP contribution in [0.4, 0.5) is 20.9 Å². The molecule has 25 heavy (non-hydrogen) atoms. The van der Waals surface area contributed by atoms with Gasteiger partial charge in [0.15, 0.2) is 4.34 Å². The third kappa shape index (κ3) is 5.27. The van der Waals surface area contributed by atoms with Crippen molar-refractivity contribution in [2.24, 2.45) is 0 Å². The molecule has 1 aromatic heterocycles. The zero-order valence-electron chi connectivity index (χ0n) is 13.3. The molecule has 8 heteroatoms. The van der Waals surface area contributed by atoms with Gasteiger partial charge in [-0.2, -0.15) is 0 Å². The minimum atomic E-state index is -0.388. The Bertz CT molecular complexity index is 884. The van der Waals surface area contributed by atoms with Crippen molar-refractivity contribution in [3.05, 3.63) is 59.9 Å². The number of nitrogens with zero attached hydrogens (tertiary/aromatic N) is 2. The highest BCUT2D eigenvalue weighted by molar-refractivity contribution is 8.01. The fourth-order valence-corrected chi connectivity index (χ4v) is 3.63. The lowest BCUT2D eigenvalue weighted by molar-refractivity contribution is -0.113. The molecule has 0 aliphatic rings. The molecule has 0 radical (unpaired) electrons. The molecule has 0 atom stereocenters. The summed E-state index contributed by atoms with van der Waals surface area (Å²) in [6, 6.07) is 13.7. The van der Waals surface area contributed by atoms with Crippen LogP contribution in [0.25, 0.3) is 0 Å². The molecule has 3 aromatic rings. The Kier molecular flexibility index (Phi) is 5.62. The highest BCUT2D eigenvalue weighted by atomic mass is 32.2. The van der Waals surface area contributed by atoms with Gasteiger partial charge in [0, 0.05) is 11.4 Å². The Morgan fingerprint density at radius 1 is 1.16 bits per heavy atom. The topological polar surface area (TPSA) is 66.9 Å². The van der Waals surface area contributed by atoms with Crippen molar-refractivity contribution in [3.63, 3.8) is 0 Å². The lowest BCUT2D eigenvalue weighted by Crippen LogP contribution is -2.13. The van der Waals surface area contributed by atoms with E-state index in [-0.39, 0.29) is 17.5 Å². The molecule has 3 rings (SSSR count). The van der Waals surface area contributed by atoms with Crippen LogP contribution in [0.2, 0.25) is 0 Å². The number of benzene rings is 2. The second-order valence-corrected chi connectivity index (χ2v) is 7.41. The van der Waals surface area contributed by atoms with E-state index in [2.05, 4.69) is 20.8 Å². The van der Waals surface area contributed by atoms with Crippen LogP contribution in [0.1, 0.15) is 5.56 Å². The summed E-state index contributed by atoms with van der Waals surface area (Å²) < 4.78 is 13.8. The summed E-state index contributed by atoms with van der Waals surface area (Å²) in [4.78, 5) is 11.9. The quantitative estimate of drug-likeness (QED) is 0.624. The van der Waals surface area contributed by atoms with Crippen LogP contribution in [-0.4, -0.2) is 21.9 Å². The molecular formula is C17H15FN4OS2. The molecule has 0 saturated carbocycles. The van der Waals surface area contributed by atoms with Gasteiger partial charge >= 0.3 is 0 Å². The third-order valence-electron chi connectivity index (χ3n) is 3.11. The zero-order chi connectivity index (χ0) is 17.6. The molecule has 0 aliphatic carbocycles. The Morgan fingerprint density at radius 3 is 2.76 bits per heavy atom. The van der Waals surface area contributed by atoms with Crippen LogP contribution in [0, 0.1) is 12.7 Å². The first-order chi connectivity index (χ1) is 12.1. The molecule has 1 heterocycles. The number of rotatable bonds is 6. The van der Waals surface area contributed by atoms with Gasteiger partial charge in [0.25, 0.3) is 0 Å². The lowest BCUT2D eigenvalue weighted by Gasteiger charge is -2.03. The van der Waals surface area contributed by atoms with Crippen LogP contribution in [-0.2, 0) is 4.79 Å². The van der Waals surface area contributed by atoms with E-state index >= 15 is 0 Å². The van der Waals surface area contributed by atoms with Gasteiger partial charge in [0.05, 0.1) is 5.75 Å². The summed E-state index contributed by atoms with van der Waals surface area (Å²) in [6.07, 6.45) is 0. The summed E-state index contributed by atoms with van der Waals surface area (Å²) >= 11 is 2.66. The highest BCUT2D eigenvalue weighted by Crippen LogP contribution is 2.28. The van der Waals surface area contributed by atoms with E-state index in [0.717, 1.165) is 11.3 Å². The SMILES string of the molecule is Cc1cccc(Nc2nnc(SCC(=O)Nc3cccc(F)c3)s2)c1. The number of carbonyl (C=O) groups excluding carboxylic acids is 1. The number of aromatic nitrogens is 2. The summed E-state index contributed by atoms with van der Waals surface area (Å²) in [5.74, 6) is -0.435. The van der Waals surface area contributed by atoms with E-state index in [1.54, 1.807) is 12.1 Å². The van der Waals surface area contributed by atoms with Crippen LogP contribution in [0.15, 0.2) is 52.9 Å². The number of hydrogen-bond donors (Lipinski definition) is 2. The number of amides is 1. The highest BCUT2D eigenvalue weighted by Gasteiger charge is 2.09. The molecule has 2 aromatic carbocycles. The number of thioether (sulfide) groups is 1. The van der Waals surface area contributed by atoms with E-state index < -0.39 is 0 Å². The maximum Gasteiger partial charge on any atom is 0.234 e. The normalized spacial score (nSPS) is 10.5. The van der Waals surface area contributed by atoms with Crippen molar-refractivity contribution in [1.29, 1.82) is 0 Å². The van der Waals surface area contributed by atoms with E-state index in [1.807, 2.05) is 31.2 Å². The van der Waals surface area contributed by atoms with Crippen molar-refractivity contribution < 1.29 is 9.18 Å². The fraction of sp³-hybridized carbons (Fsp3) is 0.118. The fourth-order valence-electron chi connectivity index (χ4n) is 2.06. The Hall–Kier alpha value is -2.45. The average Bonchev–Trinajstić information content (AvgIpc) is 3.00. The van der Waals surface area contributed by atoms with Crippen molar-refractivity contribution in [2.75, 3.05) is 16.4 Å². The molecule has 2 N–H and O–H groups in total. The second-order valence-electron chi connectivity index (χ2n) is 5.21. The number of anilines is 3. The monoisotopic (exact) mass is 374 g/mol. The molecule has 128 valence electrons. The molecular weight excluding hydrogens is 359 g/mol. The predicted octanol–water partition coefficient (Wildman–Crippen LogP) is 4.46. The lowest BCUT2D eigenvalue weighted by atomic mass is 10.2. The van der Waals surface area contributed by atoms with Gasteiger partial charge in [0.1, 0.15) is 5.82 Å². The number of hydrogen-bond acceptors (Lipinski definition) is 6. The summed E-state index contributed by atoms with van der Waals surface area (Å²) in [5, 5.41) is 14.6. The van der Waals surface area contributed by atoms with Gasteiger partial charge in [-0.15, -0.1) is 10.2 Å². The van der Waals surface area contributed by atoms with Gasteiger partial charge in [-0.1, -0.05) is 41.3 Å². The van der Waals surface area contributed by atoms with Crippen molar-refractivity contribution >= 4 is 45.5 Å². The first-order valence-electron chi connectivity index (χ1n) is 7.44. The molecule has 0 fully saturated rings. The third-order valence-corrected chi connectivity index (χ3v) is 5.08. The van der Waals surface area contributed by atoms with Gasteiger partial charge in [0.2, 0.25) is 11.0 Å². The van der Waals surface area contributed by atoms with E-state index in [1.165, 1.54) is 35.2 Å². The largest absolute Gasteiger partial charge is 0.330 e. The number of aryl methyl sites for hydroxylation is 1. The van der Waals surface area contributed by atoms with Crippen molar-refractivity contribution in [3.8, 4) is 0 Å². The first kappa shape index (κ1) is 17.4. The summed E-state index contributed by atoms with van der Waals surface area (Å²) in [7, 11) is 0. The van der Waals surface area contributed by atoms with E-state index in [9.17, 15) is 9.18 Å². The Balaban J connectivity index is 1.52. The maximum absolute atomic E-state index is 13.1. The molecule has 5 nitrogen and oxygen atoms in total. The van der Waals surface area contributed by atoms with Gasteiger partial charge in [-0.25, -0.2) is 4.39 Å². The average molecular weight is 374 g/mol. The number of halogens is 1.